The number of piperazine rings is 1. The molecule has 150 valence electrons. The summed E-state index contributed by atoms with van der Waals surface area (Å²) >= 11 is 0. The van der Waals surface area contributed by atoms with Crippen molar-refractivity contribution in [2.24, 2.45) is 0 Å². The van der Waals surface area contributed by atoms with Crippen molar-refractivity contribution in [3.05, 3.63) is 66.6 Å². The van der Waals surface area contributed by atoms with Crippen LogP contribution in [-0.4, -0.2) is 50.2 Å². The molecule has 4 rings (SSSR count). The quantitative estimate of drug-likeness (QED) is 0.714. The molecule has 29 heavy (non-hydrogen) atoms. The molecule has 1 N–H and O–H groups in total. The fourth-order valence-corrected chi connectivity index (χ4v) is 3.40. The molecule has 1 aliphatic heterocycles. The lowest BCUT2D eigenvalue weighted by molar-refractivity contribution is 0.624. The maximum absolute atomic E-state index is 13.1. The Morgan fingerprint density at radius 2 is 1.52 bits per heavy atom. The molecule has 0 atom stereocenters. The zero-order chi connectivity index (χ0) is 20.2. The van der Waals surface area contributed by atoms with Gasteiger partial charge in [0.05, 0.1) is 0 Å². The van der Waals surface area contributed by atoms with Crippen LogP contribution in [0.2, 0.25) is 0 Å². The molecule has 0 aliphatic carbocycles. The average Bonchev–Trinajstić information content (AvgIpc) is 2.75. The molecule has 3 aromatic rings. The summed E-state index contributed by atoms with van der Waals surface area (Å²) in [6, 6.07) is 16.8. The fourth-order valence-electron chi connectivity index (χ4n) is 3.40. The molecule has 2 aromatic carbocycles. The van der Waals surface area contributed by atoms with E-state index in [4.69, 9.17) is 0 Å². The van der Waals surface area contributed by atoms with Crippen molar-refractivity contribution in [3.63, 3.8) is 0 Å². The standard InChI is InChI=1S/C22H25FN6/c1-27(2)19-9-5-18(6-10-19)25-22-24-12-11-21(26-22)29-15-13-28(14-16-29)20-7-3-17(23)4-8-20/h3-12H,13-16H2,1-2H3,(H,24,25,26). The molecule has 0 amide bonds. The summed E-state index contributed by atoms with van der Waals surface area (Å²) in [5.41, 5.74) is 3.15. The predicted molar refractivity (Wildman–Crippen MR) is 117 cm³/mol. The maximum atomic E-state index is 13.1. The van der Waals surface area contributed by atoms with Crippen molar-refractivity contribution < 1.29 is 4.39 Å². The van der Waals surface area contributed by atoms with Crippen molar-refractivity contribution in [1.29, 1.82) is 0 Å². The summed E-state index contributed by atoms with van der Waals surface area (Å²) in [4.78, 5) is 15.6. The number of nitrogens with zero attached hydrogens (tertiary/aromatic N) is 5. The van der Waals surface area contributed by atoms with Gasteiger partial charge in [-0.15, -0.1) is 0 Å². The second-order valence-electron chi connectivity index (χ2n) is 7.26. The van der Waals surface area contributed by atoms with E-state index >= 15 is 0 Å². The summed E-state index contributed by atoms with van der Waals surface area (Å²) in [6.45, 7) is 3.44. The molecule has 2 heterocycles. The first kappa shape index (κ1) is 19.0. The summed E-state index contributed by atoms with van der Waals surface area (Å²) < 4.78 is 13.1. The minimum Gasteiger partial charge on any atom is -0.378 e. The molecular formula is C22H25FN6. The van der Waals surface area contributed by atoms with E-state index in [1.54, 1.807) is 6.20 Å². The van der Waals surface area contributed by atoms with Crippen LogP contribution in [0.25, 0.3) is 0 Å². The summed E-state index contributed by atoms with van der Waals surface area (Å²) in [5, 5.41) is 3.28. The highest BCUT2D eigenvalue weighted by atomic mass is 19.1. The van der Waals surface area contributed by atoms with Gasteiger partial charge in [-0.3, -0.25) is 0 Å². The van der Waals surface area contributed by atoms with Gasteiger partial charge in [-0.05, 0) is 54.6 Å². The van der Waals surface area contributed by atoms with E-state index in [2.05, 4.69) is 42.1 Å². The van der Waals surface area contributed by atoms with E-state index in [0.29, 0.717) is 5.95 Å². The first-order chi connectivity index (χ1) is 14.1. The lowest BCUT2D eigenvalue weighted by Crippen LogP contribution is -2.46. The number of halogens is 1. The molecule has 0 bridgehead atoms. The molecule has 6 nitrogen and oxygen atoms in total. The number of nitrogens with one attached hydrogen (secondary N) is 1. The third-order valence-electron chi connectivity index (χ3n) is 5.08. The third-order valence-corrected chi connectivity index (χ3v) is 5.08. The SMILES string of the molecule is CN(C)c1ccc(Nc2nccc(N3CCN(c4ccc(F)cc4)CC3)n2)cc1. The van der Waals surface area contributed by atoms with E-state index in [9.17, 15) is 4.39 Å². The number of anilines is 5. The van der Waals surface area contributed by atoms with E-state index < -0.39 is 0 Å². The Balaban J connectivity index is 1.39. The molecule has 0 unspecified atom stereocenters. The van der Waals surface area contributed by atoms with Gasteiger partial charge in [0.2, 0.25) is 5.95 Å². The van der Waals surface area contributed by atoms with Gasteiger partial charge >= 0.3 is 0 Å². The lowest BCUT2D eigenvalue weighted by atomic mass is 10.2. The predicted octanol–water partition coefficient (Wildman–Crippen LogP) is 3.75. The Hall–Kier alpha value is -3.35. The van der Waals surface area contributed by atoms with Crippen LogP contribution in [0.5, 0.6) is 0 Å². The number of aromatic nitrogens is 2. The zero-order valence-corrected chi connectivity index (χ0v) is 16.7. The average molecular weight is 392 g/mol. The summed E-state index contributed by atoms with van der Waals surface area (Å²) in [7, 11) is 4.04. The fraction of sp³-hybridized carbons (Fsp3) is 0.273. The third kappa shape index (κ3) is 4.56. The first-order valence-corrected chi connectivity index (χ1v) is 9.71. The van der Waals surface area contributed by atoms with Crippen LogP contribution >= 0.6 is 0 Å². The van der Waals surface area contributed by atoms with Gasteiger partial charge in [0.15, 0.2) is 0 Å². The first-order valence-electron chi connectivity index (χ1n) is 9.71. The van der Waals surface area contributed by atoms with Crippen molar-refractivity contribution >= 4 is 28.8 Å². The molecule has 1 saturated heterocycles. The topological polar surface area (TPSA) is 47.5 Å². The normalized spacial score (nSPS) is 14.0. The molecule has 1 aliphatic rings. The van der Waals surface area contributed by atoms with E-state index in [1.165, 1.54) is 12.1 Å². The van der Waals surface area contributed by atoms with Gasteiger partial charge in [-0.25, -0.2) is 9.37 Å². The van der Waals surface area contributed by atoms with Crippen molar-refractivity contribution in [2.45, 2.75) is 0 Å². The molecule has 0 saturated carbocycles. The van der Waals surface area contributed by atoms with E-state index in [1.807, 2.05) is 44.4 Å². The zero-order valence-electron chi connectivity index (χ0n) is 16.7. The van der Waals surface area contributed by atoms with Crippen molar-refractivity contribution in [1.82, 2.24) is 9.97 Å². The molecule has 0 radical (unpaired) electrons. The maximum Gasteiger partial charge on any atom is 0.229 e. The number of hydrogen-bond acceptors (Lipinski definition) is 6. The van der Waals surface area contributed by atoms with Gasteiger partial charge < -0.3 is 20.0 Å². The number of benzene rings is 2. The summed E-state index contributed by atoms with van der Waals surface area (Å²) in [6.07, 6.45) is 1.78. The van der Waals surface area contributed by atoms with Gasteiger partial charge in [-0.2, -0.15) is 4.98 Å². The van der Waals surface area contributed by atoms with Gasteiger partial charge in [0.25, 0.3) is 0 Å². The van der Waals surface area contributed by atoms with E-state index in [-0.39, 0.29) is 5.82 Å². The summed E-state index contributed by atoms with van der Waals surface area (Å²) in [5.74, 6) is 1.29. The van der Waals surface area contributed by atoms with Crippen molar-refractivity contribution in [2.75, 3.05) is 60.3 Å². The highest BCUT2D eigenvalue weighted by Crippen LogP contribution is 2.22. The Morgan fingerprint density at radius 3 is 2.17 bits per heavy atom. The Labute approximate surface area is 170 Å². The minimum atomic E-state index is -0.204. The van der Waals surface area contributed by atoms with Crippen LogP contribution < -0.4 is 20.0 Å². The lowest BCUT2D eigenvalue weighted by Gasteiger charge is -2.36. The van der Waals surface area contributed by atoms with E-state index in [0.717, 1.165) is 49.1 Å². The van der Waals surface area contributed by atoms with Crippen LogP contribution in [0, 0.1) is 5.82 Å². The smallest absolute Gasteiger partial charge is 0.229 e. The van der Waals surface area contributed by atoms with Crippen LogP contribution in [0.4, 0.5) is 33.2 Å². The largest absolute Gasteiger partial charge is 0.378 e. The Bertz CT molecular complexity index is 934. The van der Waals surface area contributed by atoms with Crippen LogP contribution in [0.3, 0.4) is 0 Å². The molecule has 0 spiro atoms. The number of rotatable bonds is 5. The Morgan fingerprint density at radius 1 is 0.862 bits per heavy atom. The van der Waals surface area contributed by atoms with Crippen LogP contribution in [0.1, 0.15) is 0 Å². The molecular weight excluding hydrogens is 367 g/mol. The monoisotopic (exact) mass is 392 g/mol. The van der Waals surface area contributed by atoms with Crippen LogP contribution in [-0.2, 0) is 0 Å². The highest BCUT2D eigenvalue weighted by molar-refractivity contribution is 5.60. The van der Waals surface area contributed by atoms with Gasteiger partial charge in [-0.1, -0.05) is 0 Å². The molecule has 1 fully saturated rings. The Kier molecular flexibility index (Phi) is 5.46. The molecule has 7 heteroatoms. The number of hydrogen-bond donors (Lipinski definition) is 1. The minimum absolute atomic E-state index is 0.204. The second-order valence-corrected chi connectivity index (χ2v) is 7.26. The van der Waals surface area contributed by atoms with Gasteiger partial charge in [0.1, 0.15) is 11.6 Å². The highest BCUT2D eigenvalue weighted by Gasteiger charge is 2.19. The second kappa shape index (κ2) is 8.34. The molecule has 1 aromatic heterocycles. The van der Waals surface area contributed by atoms with Gasteiger partial charge in [0, 0.05) is 63.5 Å². The van der Waals surface area contributed by atoms with Crippen molar-refractivity contribution in [3.8, 4) is 0 Å². The van der Waals surface area contributed by atoms with Crippen LogP contribution in [0.15, 0.2) is 60.8 Å².